The quantitative estimate of drug-likeness (QED) is 0.514. The molecule has 0 aliphatic heterocycles. The molecule has 2 aromatic heterocycles. The third kappa shape index (κ3) is 3.55. The molecule has 4 rings (SSSR count). The lowest BCUT2D eigenvalue weighted by Gasteiger charge is -2.14. The number of alkyl halides is 3. The number of hydrogen-bond acceptors (Lipinski definition) is 5. The van der Waals surface area contributed by atoms with E-state index in [0.29, 0.717) is 35.8 Å². The summed E-state index contributed by atoms with van der Waals surface area (Å²) in [6, 6.07) is 11.7. The molecular weight excluding hydrogens is 371 g/mol. The van der Waals surface area contributed by atoms with E-state index in [1.807, 2.05) is 12.1 Å². The van der Waals surface area contributed by atoms with Crippen LogP contribution in [0.25, 0.3) is 22.6 Å². The molecule has 144 valence electrons. The Balaban J connectivity index is 1.54. The van der Waals surface area contributed by atoms with Gasteiger partial charge in [-0.3, -0.25) is 0 Å². The zero-order chi connectivity index (χ0) is 19.7. The maximum Gasteiger partial charge on any atom is 0.416 e. The number of nitrogens with one attached hydrogen (secondary N) is 2. The molecule has 0 bridgehead atoms. The Morgan fingerprint density at radius 3 is 2.68 bits per heavy atom. The van der Waals surface area contributed by atoms with E-state index in [-0.39, 0.29) is 5.56 Å². The lowest BCUT2D eigenvalue weighted by atomic mass is 10.0. The number of aromatic amines is 1. The summed E-state index contributed by atoms with van der Waals surface area (Å²) >= 11 is 0. The van der Waals surface area contributed by atoms with Crippen LogP contribution in [0.15, 0.2) is 46.9 Å². The van der Waals surface area contributed by atoms with Crippen molar-refractivity contribution >= 4 is 16.7 Å². The van der Waals surface area contributed by atoms with Gasteiger partial charge in [0.25, 0.3) is 0 Å². The first-order chi connectivity index (χ1) is 13.4. The van der Waals surface area contributed by atoms with Gasteiger partial charge >= 0.3 is 6.18 Å². The first-order valence-corrected chi connectivity index (χ1v) is 8.64. The van der Waals surface area contributed by atoms with Crippen molar-refractivity contribution in [2.75, 3.05) is 5.32 Å². The molecule has 0 unspecified atom stereocenters. The molecule has 9 heteroatoms. The number of hydrogen-bond donors (Lipinski definition) is 2. The topological polar surface area (TPSA) is 79.6 Å². The van der Waals surface area contributed by atoms with Crippen LogP contribution in [-0.4, -0.2) is 20.6 Å². The molecule has 2 N–H and O–H groups in total. The number of halogens is 3. The molecule has 0 atom stereocenters. The maximum atomic E-state index is 13.2. The van der Waals surface area contributed by atoms with E-state index in [1.165, 1.54) is 6.07 Å². The second-order valence-corrected chi connectivity index (χ2v) is 6.31. The standard InChI is InChI=1S/C19H16F3N5O/c1-2-12-4-5-14(9-15(12)19(20,21)22)23-10-11-3-6-16-13(7-11)8-17(28-16)18-24-26-27-25-18/h3-9,23H,2,10H2,1H3,(H,24,25,26,27). The highest BCUT2D eigenvalue weighted by molar-refractivity contribution is 5.82. The number of nitrogens with zero attached hydrogens (tertiary/aromatic N) is 3. The minimum Gasteiger partial charge on any atom is -0.453 e. The van der Waals surface area contributed by atoms with Gasteiger partial charge in [0.2, 0.25) is 5.82 Å². The zero-order valence-electron chi connectivity index (χ0n) is 14.8. The summed E-state index contributed by atoms with van der Waals surface area (Å²) in [7, 11) is 0. The lowest BCUT2D eigenvalue weighted by molar-refractivity contribution is -0.138. The Kier molecular flexibility index (Phi) is 4.50. The summed E-state index contributed by atoms with van der Waals surface area (Å²) in [5.41, 5.74) is 1.68. The molecule has 4 aromatic rings. The van der Waals surface area contributed by atoms with Crippen molar-refractivity contribution in [3.05, 3.63) is 59.2 Å². The second kappa shape index (κ2) is 6.99. The fourth-order valence-electron chi connectivity index (χ4n) is 3.05. The summed E-state index contributed by atoms with van der Waals surface area (Å²) < 4.78 is 45.3. The highest BCUT2D eigenvalue weighted by atomic mass is 19.4. The van der Waals surface area contributed by atoms with E-state index in [9.17, 15) is 13.2 Å². The Morgan fingerprint density at radius 1 is 1.11 bits per heavy atom. The van der Waals surface area contributed by atoms with Crippen LogP contribution in [0.1, 0.15) is 23.6 Å². The van der Waals surface area contributed by atoms with Crippen LogP contribution in [0.3, 0.4) is 0 Å². The number of anilines is 1. The number of aromatic nitrogens is 4. The van der Waals surface area contributed by atoms with Crippen molar-refractivity contribution < 1.29 is 17.6 Å². The van der Waals surface area contributed by atoms with Gasteiger partial charge in [-0.1, -0.05) is 19.1 Å². The molecule has 2 aromatic carbocycles. The van der Waals surface area contributed by atoms with Crippen LogP contribution in [0.2, 0.25) is 0 Å². The molecule has 0 aliphatic rings. The van der Waals surface area contributed by atoms with E-state index in [2.05, 4.69) is 25.9 Å². The summed E-state index contributed by atoms with van der Waals surface area (Å²) in [6.07, 6.45) is -4.04. The minimum atomic E-state index is -4.37. The number of furan rings is 1. The van der Waals surface area contributed by atoms with Gasteiger partial charge in [-0.15, -0.1) is 5.10 Å². The molecule has 2 heterocycles. The van der Waals surface area contributed by atoms with Gasteiger partial charge in [-0.05, 0) is 58.3 Å². The predicted octanol–water partition coefficient (Wildman–Crippen LogP) is 4.81. The highest BCUT2D eigenvalue weighted by Gasteiger charge is 2.33. The number of benzene rings is 2. The molecule has 0 amide bonds. The van der Waals surface area contributed by atoms with Gasteiger partial charge < -0.3 is 9.73 Å². The lowest BCUT2D eigenvalue weighted by Crippen LogP contribution is -2.10. The SMILES string of the molecule is CCc1ccc(NCc2ccc3oc(-c4nnn[nH]4)cc3c2)cc1C(F)(F)F. The van der Waals surface area contributed by atoms with Gasteiger partial charge in [0.15, 0.2) is 5.76 Å². The van der Waals surface area contributed by atoms with E-state index in [4.69, 9.17) is 4.42 Å². The van der Waals surface area contributed by atoms with Crippen LogP contribution < -0.4 is 5.32 Å². The summed E-state index contributed by atoms with van der Waals surface area (Å²) in [5.74, 6) is 0.932. The van der Waals surface area contributed by atoms with E-state index in [0.717, 1.165) is 17.0 Å². The van der Waals surface area contributed by atoms with Crippen molar-refractivity contribution in [1.82, 2.24) is 20.6 Å². The minimum absolute atomic E-state index is 0.285. The highest BCUT2D eigenvalue weighted by Crippen LogP contribution is 2.34. The largest absolute Gasteiger partial charge is 0.453 e. The molecule has 0 saturated carbocycles. The monoisotopic (exact) mass is 387 g/mol. The Labute approximate surface area is 157 Å². The zero-order valence-corrected chi connectivity index (χ0v) is 14.8. The van der Waals surface area contributed by atoms with Gasteiger partial charge in [-0.25, -0.2) is 5.10 Å². The molecule has 0 saturated heterocycles. The number of H-pyrrole nitrogens is 1. The number of aryl methyl sites for hydroxylation is 1. The first-order valence-electron chi connectivity index (χ1n) is 8.64. The number of fused-ring (bicyclic) bond motifs is 1. The smallest absolute Gasteiger partial charge is 0.416 e. The van der Waals surface area contributed by atoms with Crippen LogP contribution in [0, 0.1) is 0 Å². The summed E-state index contributed by atoms with van der Waals surface area (Å²) in [5, 5.41) is 17.4. The third-order valence-electron chi connectivity index (χ3n) is 4.45. The molecule has 0 radical (unpaired) electrons. The van der Waals surface area contributed by atoms with Gasteiger partial charge in [-0.2, -0.15) is 13.2 Å². The van der Waals surface area contributed by atoms with Crippen molar-refractivity contribution in [1.29, 1.82) is 0 Å². The second-order valence-electron chi connectivity index (χ2n) is 6.31. The van der Waals surface area contributed by atoms with Gasteiger partial charge in [0, 0.05) is 17.6 Å². The van der Waals surface area contributed by atoms with Gasteiger partial charge in [0.1, 0.15) is 5.58 Å². The van der Waals surface area contributed by atoms with Gasteiger partial charge in [0.05, 0.1) is 5.56 Å². The average molecular weight is 387 g/mol. The Bertz CT molecular complexity index is 1100. The van der Waals surface area contributed by atoms with Crippen molar-refractivity contribution in [2.24, 2.45) is 0 Å². The molecule has 0 fully saturated rings. The number of rotatable bonds is 5. The van der Waals surface area contributed by atoms with E-state index in [1.54, 1.807) is 25.1 Å². The predicted molar refractivity (Wildman–Crippen MR) is 97.5 cm³/mol. The number of tetrazole rings is 1. The first kappa shape index (κ1) is 18.0. The molecule has 0 aliphatic carbocycles. The van der Waals surface area contributed by atoms with Crippen LogP contribution in [-0.2, 0) is 19.1 Å². The molecule has 28 heavy (non-hydrogen) atoms. The van der Waals surface area contributed by atoms with Crippen molar-refractivity contribution in [3.8, 4) is 11.6 Å². The molecule has 6 nitrogen and oxygen atoms in total. The maximum absolute atomic E-state index is 13.2. The Hall–Kier alpha value is -3.36. The van der Waals surface area contributed by atoms with Crippen molar-refractivity contribution in [2.45, 2.75) is 26.1 Å². The third-order valence-corrected chi connectivity index (χ3v) is 4.45. The fraction of sp³-hybridized carbons (Fsp3) is 0.211. The summed E-state index contributed by atoms with van der Waals surface area (Å²) in [6.45, 7) is 2.09. The van der Waals surface area contributed by atoms with Crippen molar-refractivity contribution in [3.63, 3.8) is 0 Å². The van der Waals surface area contributed by atoms with Crippen LogP contribution in [0.4, 0.5) is 18.9 Å². The average Bonchev–Trinajstić information content (AvgIpc) is 3.34. The fourth-order valence-corrected chi connectivity index (χ4v) is 3.05. The summed E-state index contributed by atoms with van der Waals surface area (Å²) in [4.78, 5) is 0. The normalized spacial score (nSPS) is 11.9. The van der Waals surface area contributed by atoms with E-state index < -0.39 is 11.7 Å². The molecule has 0 spiro atoms. The van der Waals surface area contributed by atoms with Crippen LogP contribution in [0.5, 0.6) is 0 Å². The van der Waals surface area contributed by atoms with E-state index >= 15 is 0 Å². The molecular formula is C19H16F3N5O. The van der Waals surface area contributed by atoms with Crippen LogP contribution >= 0.6 is 0 Å². The Morgan fingerprint density at radius 2 is 1.96 bits per heavy atom.